The van der Waals surface area contributed by atoms with Crippen LogP contribution in [0.1, 0.15) is 12.8 Å². The van der Waals surface area contributed by atoms with Crippen LogP contribution in [0, 0.1) is 0 Å². The van der Waals surface area contributed by atoms with Gasteiger partial charge < -0.3 is 14.2 Å². The van der Waals surface area contributed by atoms with Crippen LogP contribution >= 0.6 is 0 Å². The molecule has 3 aliphatic rings. The smallest absolute Gasteiger partial charge is 0.422 e. The molecule has 0 saturated carbocycles. The normalized spacial score (nSPS) is 34.8. The van der Waals surface area contributed by atoms with Gasteiger partial charge in [0.1, 0.15) is 29.6 Å². The van der Waals surface area contributed by atoms with Gasteiger partial charge >= 0.3 is 18.1 Å². The van der Waals surface area contributed by atoms with E-state index in [1.165, 1.54) is 0 Å². The van der Waals surface area contributed by atoms with E-state index < -0.39 is 76.5 Å². The quantitative estimate of drug-likeness (QED) is 0.375. The van der Waals surface area contributed by atoms with Crippen molar-refractivity contribution in [1.82, 2.24) is 0 Å². The minimum atomic E-state index is -4.92. The van der Waals surface area contributed by atoms with Crippen molar-refractivity contribution in [3.63, 3.8) is 0 Å². The second-order valence-electron chi connectivity index (χ2n) is 5.78. The Hall–Kier alpha value is -1.66. The number of halogens is 3. The van der Waals surface area contributed by atoms with Crippen molar-refractivity contribution in [3.8, 4) is 0 Å². The summed E-state index contributed by atoms with van der Waals surface area (Å²) >= 11 is 0. The van der Waals surface area contributed by atoms with Crippen LogP contribution in [0.2, 0.25) is 0 Å². The molecule has 3 aliphatic heterocycles. The monoisotopic (exact) mass is 386 g/mol. The first-order valence-electron chi connectivity index (χ1n) is 7.21. The van der Waals surface area contributed by atoms with Crippen molar-refractivity contribution in [2.75, 3.05) is 6.61 Å². The van der Waals surface area contributed by atoms with Crippen LogP contribution in [0.3, 0.4) is 0 Å². The second-order valence-corrected chi connectivity index (χ2v) is 7.57. The standard InChI is InChI=1S/C13H13F3O8S/c1-5(13(14,15)16)12(18)21-3-2-8(17)23-9-6-4-7-10(22-6)11(9)24-25(7,19)20/h6-7,9-11H,1-4H2. The van der Waals surface area contributed by atoms with Gasteiger partial charge in [-0.05, 0) is 6.42 Å². The molecule has 5 atom stereocenters. The topological polar surface area (TPSA) is 105 Å². The Labute approximate surface area is 140 Å². The fourth-order valence-electron chi connectivity index (χ4n) is 3.01. The van der Waals surface area contributed by atoms with Gasteiger partial charge in [0.2, 0.25) is 0 Å². The summed E-state index contributed by atoms with van der Waals surface area (Å²) in [6.07, 6.45) is -8.44. The molecule has 12 heteroatoms. The van der Waals surface area contributed by atoms with E-state index in [-0.39, 0.29) is 6.42 Å². The summed E-state index contributed by atoms with van der Waals surface area (Å²) in [5, 5.41) is -0.771. The number of hydrogen-bond donors (Lipinski definition) is 0. The molecule has 0 amide bonds. The van der Waals surface area contributed by atoms with Gasteiger partial charge in [0.05, 0.1) is 12.5 Å². The van der Waals surface area contributed by atoms with Crippen molar-refractivity contribution in [2.24, 2.45) is 0 Å². The van der Waals surface area contributed by atoms with Gasteiger partial charge in [-0.25, -0.2) is 4.79 Å². The summed E-state index contributed by atoms with van der Waals surface area (Å²) in [6.45, 7) is 1.93. The third kappa shape index (κ3) is 3.25. The first-order valence-corrected chi connectivity index (χ1v) is 8.68. The minimum Gasteiger partial charge on any atom is -0.461 e. The number of fused-ring (bicyclic) bond motifs is 1. The summed E-state index contributed by atoms with van der Waals surface area (Å²) in [5.41, 5.74) is -1.68. The zero-order chi connectivity index (χ0) is 18.6. The Kier molecular flexibility index (Phi) is 4.32. The largest absolute Gasteiger partial charge is 0.461 e. The van der Waals surface area contributed by atoms with Gasteiger partial charge in [0, 0.05) is 0 Å². The van der Waals surface area contributed by atoms with E-state index in [9.17, 15) is 31.2 Å². The number of rotatable bonds is 5. The second kappa shape index (κ2) is 5.95. The number of hydrogen-bond acceptors (Lipinski definition) is 8. The minimum absolute atomic E-state index is 0.141. The maximum Gasteiger partial charge on any atom is 0.422 e. The third-order valence-electron chi connectivity index (χ3n) is 4.19. The molecular weight excluding hydrogens is 373 g/mol. The van der Waals surface area contributed by atoms with E-state index in [0.29, 0.717) is 0 Å². The Morgan fingerprint density at radius 1 is 1.24 bits per heavy atom. The average Bonchev–Trinajstić information content (AvgIpc) is 3.09. The molecule has 8 nitrogen and oxygen atoms in total. The van der Waals surface area contributed by atoms with Crippen molar-refractivity contribution < 1.29 is 49.6 Å². The molecule has 0 spiro atoms. The van der Waals surface area contributed by atoms with Crippen molar-refractivity contribution in [2.45, 2.75) is 48.7 Å². The molecule has 0 aromatic rings. The number of alkyl halides is 3. The molecule has 140 valence electrons. The Balaban J connectivity index is 1.47. The van der Waals surface area contributed by atoms with Crippen LogP contribution in [0.5, 0.6) is 0 Å². The number of carbonyl (C=O) groups is 2. The van der Waals surface area contributed by atoms with Crippen LogP contribution in [0.15, 0.2) is 12.2 Å². The van der Waals surface area contributed by atoms with Crippen LogP contribution < -0.4 is 0 Å². The molecule has 0 aromatic carbocycles. The summed E-state index contributed by atoms with van der Waals surface area (Å²) in [5.74, 6) is -2.56. The molecule has 3 fully saturated rings. The molecule has 5 unspecified atom stereocenters. The zero-order valence-electron chi connectivity index (χ0n) is 12.5. The lowest BCUT2D eigenvalue weighted by Crippen LogP contribution is -2.41. The van der Waals surface area contributed by atoms with Gasteiger partial charge in [-0.1, -0.05) is 6.58 Å². The Morgan fingerprint density at radius 2 is 1.92 bits per heavy atom. The fraction of sp³-hybridized carbons (Fsp3) is 0.692. The van der Waals surface area contributed by atoms with Gasteiger partial charge in [-0.3, -0.25) is 8.98 Å². The molecule has 0 radical (unpaired) electrons. The van der Waals surface area contributed by atoms with Crippen molar-refractivity contribution in [1.29, 1.82) is 0 Å². The first kappa shape index (κ1) is 18.1. The van der Waals surface area contributed by atoms with E-state index >= 15 is 0 Å². The molecule has 2 bridgehead atoms. The van der Waals surface area contributed by atoms with Crippen LogP contribution in [-0.2, 0) is 38.1 Å². The lowest BCUT2D eigenvalue weighted by Gasteiger charge is -2.21. The summed E-state index contributed by atoms with van der Waals surface area (Å²) in [7, 11) is -3.75. The zero-order valence-corrected chi connectivity index (χ0v) is 13.3. The van der Waals surface area contributed by atoms with Gasteiger partial charge in [-0.2, -0.15) is 21.6 Å². The Bertz CT molecular complexity index is 715. The van der Waals surface area contributed by atoms with Crippen molar-refractivity contribution in [3.05, 3.63) is 12.2 Å². The molecular formula is C13H13F3O8S. The summed E-state index contributed by atoms with van der Waals surface area (Å²) in [4.78, 5) is 22.8. The van der Waals surface area contributed by atoms with Crippen LogP contribution in [0.25, 0.3) is 0 Å². The molecule has 3 heterocycles. The SMILES string of the molecule is C=C(C(=O)OCCC(=O)OC1C2CC3C(O2)C1OS3(=O)=O)C(F)(F)F. The van der Waals surface area contributed by atoms with E-state index in [1.54, 1.807) is 0 Å². The number of ether oxygens (including phenoxy) is 3. The van der Waals surface area contributed by atoms with E-state index in [4.69, 9.17) is 13.7 Å². The van der Waals surface area contributed by atoms with Crippen LogP contribution in [-0.4, -0.2) is 62.8 Å². The predicted octanol–water partition coefficient (Wildman–Crippen LogP) is 0.218. The molecule has 0 aromatic heterocycles. The van der Waals surface area contributed by atoms with E-state index in [1.807, 2.05) is 0 Å². The molecule has 3 rings (SSSR count). The first-order chi connectivity index (χ1) is 11.5. The highest BCUT2D eigenvalue weighted by atomic mass is 32.2. The van der Waals surface area contributed by atoms with Crippen LogP contribution in [0.4, 0.5) is 13.2 Å². The van der Waals surface area contributed by atoms with Gasteiger partial charge in [-0.15, -0.1) is 0 Å². The third-order valence-corrected chi connectivity index (χ3v) is 5.88. The fourth-order valence-corrected chi connectivity index (χ4v) is 4.65. The number of esters is 2. The van der Waals surface area contributed by atoms with Gasteiger partial charge in [0.25, 0.3) is 10.1 Å². The lowest BCUT2D eigenvalue weighted by atomic mass is 9.94. The molecule has 0 aliphatic carbocycles. The summed E-state index contributed by atoms with van der Waals surface area (Å²) in [6, 6.07) is 0. The lowest BCUT2D eigenvalue weighted by molar-refractivity contribution is -0.158. The average molecular weight is 386 g/mol. The maximum absolute atomic E-state index is 12.2. The van der Waals surface area contributed by atoms with E-state index in [2.05, 4.69) is 11.3 Å². The molecule has 0 N–H and O–H groups in total. The number of carbonyl (C=O) groups excluding carboxylic acids is 2. The van der Waals surface area contributed by atoms with E-state index in [0.717, 1.165) is 0 Å². The highest BCUT2D eigenvalue weighted by Gasteiger charge is 2.67. The molecule has 3 saturated heterocycles. The predicted molar refractivity (Wildman–Crippen MR) is 71.5 cm³/mol. The highest BCUT2D eigenvalue weighted by molar-refractivity contribution is 7.87. The maximum atomic E-state index is 12.2. The summed E-state index contributed by atoms with van der Waals surface area (Å²) < 4.78 is 79.8. The van der Waals surface area contributed by atoms with Crippen molar-refractivity contribution >= 4 is 22.1 Å². The van der Waals surface area contributed by atoms with Gasteiger partial charge in [0.15, 0.2) is 6.10 Å². The highest BCUT2D eigenvalue weighted by Crippen LogP contribution is 2.47. The Morgan fingerprint density at radius 3 is 2.56 bits per heavy atom. The molecule has 25 heavy (non-hydrogen) atoms.